The average molecular weight is 262 g/mol. The van der Waals surface area contributed by atoms with Gasteiger partial charge in [-0.05, 0) is 24.1 Å². The van der Waals surface area contributed by atoms with Crippen molar-refractivity contribution >= 4 is 5.91 Å². The van der Waals surface area contributed by atoms with Crippen LogP contribution in [0.25, 0.3) is 0 Å². The normalized spacial score (nSPS) is 11.5. The van der Waals surface area contributed by atoms with Crippen molar-refractivity contribution in [2.24, 2.45) is 0 Å². The van der Waals surface area contributed by atoms with E-state index < -0.39 is 12.0 Å². The molecule has 0 radical (unpaired) electrons. The third-order valence-corrected chi connectivity index (χ3v) is 2.71. The zero-order valence-electron chi connectivity index (χ0n) is 11.2. The topological polar surface area (TPSA) is 73.6 Å². The summed E-state index contributed by atoms with van der Waals surface area (Å²) in [6.07, 6.45) is -0.534. The molecule has 0 saturated carbocycles. The molecule has 5 nitrogen and oxygen atoms in total. The van der Waals surface area contributed by atoms with E-state index in [9.17, 15) is 9.90 Å². The summed E-state index contributed by atoms with van der Waals surface area (Å²) in [6.45, 7) is 2.34. The standard InChI is InChI=1S/C14H18N2O3/c1-3-8-16(9-7-15)14(18)13(17)11-5-4-6-12(10-11)19-2/h4-6,10,13,17H,3,8-9H2,1-2H3. The number of methoxy groups -OCH3 is 1. The number of nitriles is 1. The third kappa shape index (κ3) is 3.97. The molecule has 0 spiro atoms. The van der Waals surface area contributed by atoms with Crippen molar-refractivity contribution in [3.8, 4) is 11.8 Å². The highest BCUT2D eigenvalue weighted by atomic mass is 16.5. The maximum absolute atomic E-state index is 12.1. The molecule has 0 heterocycles. The van der Waals surface area contributed by atoms with Crippen molar-refractivity contribution in [3.05, 3.63) is 29.8 Å². The summed E-state index contributed by atoms with van der Waals surface area (Å²) >= 11 is 0. The van der Waals surface area contributed by atoms with Crippen molar-refractivity contribution in [1.82, 2.24) is 4.90 Å². The van der Waals surface area contributed by atoms with Crippen molar-refractivity contribution in [1.29, 1.82) is 5.26 Å². The summed E-state index contributed by atoms with van der Waals surface area (Å²) in [5, 5.41) is 18.8. The van der Waals surface area contributed by atoms with Gasteiger partial charge in [0, 0.05) is 6.54 Å². The van der Waals surface area contributed by atoms with E-state index in [2.05, 4.69) is 0 Å². The molecule has 102 valence electrons. The zero-order valence-corrected chi connectivity index (χ0v) is 11.2. The largest absolute Gasteiger partial charge is 0.497 e. The van der Waals surface area contributed by atoms with Crippen molar-refractivity contribution in [2.45, 2.75) is 19.4 Å². The van der Waals surface area contributed by atoms with E-state index in [0.29, 0.717) is 17.9 Å². The van der Waals surface area contributed by atoms with Gasteiger partial charge < -0.3 is 14.7 Å². The molecule has 1 aromatic carbocycles. The molecule has 0 saturated heterocycles. The predicted octanol–water partition coefficient (Wildman–Crippen LogP) is 1.49. The molecule has 0 aromatic heterocycles. The van der Waals surface area contributed by atoms with Crippen LogP contribution < -0.4 is 4.74 Å². The van der Waals surface area contributed by atoms with Crippen LogP contribution in [0.4, 0.5) is 0 Å². The molecular formula is C14H18N2O3. The van der Waals surface area contributed by atoms with Gasteiger partial charge in [-0.2, -0.15) is 5.26 Å². The van der Waals surface area contributed by atoms with Gasteiger partial charge >= 0.3 is 0 Å². The fourth-order valence-corrected chi connectivity index (χ4v) is 1.75. The van der Waals surface area contributed by atoms with E-state index >= 15 is 0 Å². The summed E-state index contributed by atoms with van der Waals surface area (Å²) in [4.78, 5) is 13.5. The number of ether oxygens (including phenoxy) is 1. The molecule has 1 N–H and O–H groups in total. The van der Waals surface area contributed by atoms with Crippen molar-refractivity contribution < 1.29 is 14.6 Å². The molecule has 0 aliphatic heterocycles. The van der Waals surface area contributed by atoms with Crippen LogP contribution in [0.5, 0.6) is 5.75 Å². The molecular weight excluding hydrogens is 244 g/mol. The number of aliphatic hydroxyl groups is 1. The molecule has 1 rings (SSSR count). The van der Waals surface area contributed by atoms with Gasteiger partial charge in [0.15, 0.2) is 6.10 Å². The van der Waals surface area contributed by atoms with Gasteiger partial charge in [0.2, 0.25) is 0 Å². The number of nitrogens with zero attached hydrogens (tertiary/aromatic N) is 2. The molecule has 0 bridgehead atoms. The molecule has 1 atom stereocenters. The first kappa shape index (κ1) is 15.0. The number of aliphatic hydroxyl groups excluding tert-OH is 1. The van der Waals surface area contributed by atoms with Crippen LogP contribution in [-0.2, 0) is 4.79 Å². The van der Waals surface area contributed by atoms with E-state index in [4.69, 9.17) is 10.00 Å². The third-order valence-electron chi connectivity index (χ3n) is 2.71. The summed E-state index contributed by atoms with van der Waals surface area (Å²) in [6, 6.07) is 8.64. The Morgan fingerprint density at radius 2 is 2.32 bits per heavy atom. The second-order valence-electron chi connectivity index (χ2n) is 4.10. The van der Waals surface area contributed by atoms with Gasteiger partial charge in [-0.1, -0.05) is 19.1 Å². The zero-order chi connectivity index (χ0) is 14.3. The Bertz CT molecular complexity index is 468. The maximum atomic E-state index is 12.1. The van der Waals surface area contributed by atoms with Gasteiger partial charge in [0.05, 0.1) is 13.2 Å². The Labute approximate surface area is 113 Å². The Morgan fingerprint density at radius 1 is 1.58 bits per heavy atom. The number of carbonyl (C=O) groups excluding carboxylic acids is 1. The van der Waals surface area contributed by atoms with E-state index in [-0.39, 0.29) is 6.54 Å². The number of amides is 1. The van der Waals surface area contributed by atoms with Crippen molar-refractivity contribution in [2.75, 3.05) is 20.2 Å². The van der Waals surface area contributed by atoms with Crippen LogP contribution in [0.1, 0.15) is 25.0 Å². The van der Waals surface area contributed by atoms with Crippen molar-refractivity contribution in [3.63, 3.8) is 0 Å². The van der Waals surface area contributed by atoms with Crippen LogP contribution >= 0.6 is 0 Å². The van der Waals surface area contributed by atoms with Crippen LogP contribution in [0.3, 0.4) is 0 Å². The van der Waals surface area contributed by atoms with Crippen LogP contribution in [0.15, 0.2) is 24.3 Å². The van der Waals surface area contributed by atoms with E-state index in [1.165, 1.54) is 12.0 Å². The summed E-state index contributed by atoms with van der Waals surface area (Å²) in [5.41, 5.74) is 0.461. The SMILES string of the molecule is CCCN(CC#N)C(=O)C(O)c1cccc(OC)c1. The van der Waals surface area contributed by atoms with E-state index in [0.717, 1.165) is 6.42 Å². The van der Waals surface area contributed by atoms with Crippen LogP contribution in [0.2, 0.25) is 0 Å². The molecule has 0 aliphatic carbocycles. The molecule has 1 amide bonds. The Hall–Kier alpha value is -2.06. The van der Waals surface area contributed by atoms with Crippen LogP contribution in [0, 0.1) is 11.3 Å². The number of carbonyl (C=O) groups is 1. The fraction of sp³-hybridized carbons (Fsp3) is 0.429. The van der Waals surface area contributed by atoms with Gasteiger partial charge in [-0.15, -0.1) is 0 Å². The molecule has 0 fully saturated rings. The Balaban J connectivity index is 2.87. The summed E-state index contributed by atoms with van der Waals surface area (Å²) in [7, 11) is 1.52. The second-order valence-corrected chi connectivity index (χ2v) is 4.10. The first-order valence-electron chi connectivity index (χ1n) is 6.11. The first-order valence-corrected chi connectivity index (χ1v) is 6.11. The highest BCUT2D eigenvalue weighted by molar-refractivity contribution is 5.82. The van der Waals surface area contributed by atoms with Crippen LogP contribution in [-0.4, -0.2) is 36.1 Å². The minimum absolute atomic E-state index is 0.0201. The number of hydrogen-bond donors (Lipinski definition) is 1. The number of hydrogen-bond acceptors (Lipinski definition) is 4. The highest BCUT2D eigenvalue weighted by Gasteiger charge is 2.23. The lowest BCUT2D eigenvalue weighted by Crippen LogP contribution is -2.36. The first-order chi connectivity index (χ1) is 9.13. The Morgan fingerprint density at radius 3 is 2.89 bits per heavy atom. The highest BCUT2D eigenvalue weighted by Crippen LogP contribution is 2.20. The van der Waals surface area contributed by atoms with E-state index in [1.54, 1.807) is 24.3 Å². The van der Waals surface area contributed by atoms with E-state index in [1.807, 2.05) is 13.0 Å². The lowest BCUT2D eigenvalue weighted by atomic mass is 10.1. The van der Waals surface area contributed by atoms with Gasteiger partial charge in [-0.25, -0.2) is 0 Å². The fourth-order valence-electron chi connectivity index (χ4n) is 1.75. The predicted molar refractivity (Wildman–Crippen MR) is 70.4 cm³/mol. The van der Waals surface area contributed by atoms with Gasteiger partial charge in [0.25, 0.3) is 5.91 Å². The number of benzene rings is 1. The minimum Gasteiger partial charge on any atom is -0.497 e. The minimum atomic E-state index is -1.27. The number of rotatable bonds is 6. The van der Waals surface area contributed by atoms with Gasteiger partial charge in [-0.3, -0.25) is 4.79 Å². The summed E-state index contributed by atoms with van der Waals surface area (Å²) in [5.74, 6) is 0.114. The summed E-state index contributed by atoms with van der Waals surface area (Å²) < 4.78 is 5.05. The lowest BCUT2D eigenvalue weighted by molar-refractivity contribution is -0.139. The smallest absolute Gasteiger partial charge is 0.256 e. The molecule has 5 heteroatoms. The molecule has 0 aliphatic rings. The Kier molecular flexibility index (Phi) is 5.83. The average Bonchev–Trinajstić information content (AvgIpc) is 2.45. The molecule has 19 heavy (non-hydrogen) atoms. The quantitative estimate of drug-likeness (QED) is 0.788. The monoisotopic (exact) mass is 262 g/mol. The second kappa shape index (κ2) is 7.39. The van der Waals surface area contributed by atoms with Gasteiger partial charge in [0.1, 0.15) is 12.3 Å². The maximum Gasteiger partial charge on any atom is 0.256 e. The lowest BCUT2D eigenvalue weighted by Gasteiger charge is -2.22. The molecule has 1 unspecified atom stereocenters. The molecule has 1 aromatic rings.